The molecule has 0 aliphatic rings. The molecule has 1 rings (SSSR count). The van der Waals surface area contributed by atoms with Crippen molar-refractivity contribution in [1.82, 2.24) is 14.9 Å². The summed E-state index contributed by atoms with van der Waals surface area (Å²) in [6.07, 6.45) is 0. The van der Waals surface area contributed by atoms with E-state index in [1.54, 1.807) is 32.1 Å². The minimum atomic E-state index is 0.0114. The number of hydrogen-bond donors (Lipinski definition) is 1. The van der Waals surface area contributed by atoms with Gasteiger partial charge in [0.2, 0.25) is 11.9 Å². The van der Waals surface area contributed by atoms with E-state index >= 15 is 0 Å². The molecule has 6 nitrogen and oxygen atoms in total. The van der Waals surface area contributed by atoms with Crippen LogP contribution in [0.15, 0.2) is 6.07 Å². The van der Waals surface area contributed by atoms with Crippen LogP contribution in [0.3, 0.4) is 0 Å². The molecule has 88 valence electrons. The van der Waals surface area contributed by atoms with Gasteiger partial charge in [0, 0.05) is 32.9 Å². The fraction of sp³-hybridized carbons (Fsp3) is 0.500. The molecule has 1 aromatic rings. The largest absolute Gasteiger partial charge is 0.368 e. The molecule has 0 spiro atoms. The van der Waals surface area contributed by atoms with Crippen LogP contribution in [-0.2, 0) is 4.79 Å². The van der Waals surface area contributed by atoms with Gasteiger partial charge >= 0.3 is 0 Å². The van der Waals surface area contributed by atoms with Crippen LogP contribution >= 0.6 is 0 Å². The zero-order chi connectivity index (χ0) is 12.3. The van der Waals surface area contributed by atoms with Crippen LogP contribution in [0.25, 0.3) is 0 Å². The van der Waals surface area contributed by atoms with E-state index in [1.165, 1.54) is 4.90 Å². The van der Waals surface area contributed by atoms with E-state index < -0.39 is 0 Å². The Kier molecular flexibility index (Phi) is 3.65. The van der Waals surface area contributed by atoms with E-state index in [9.17, 15) is 4.79 Å². The number of aryl methyl sites for hydroxylation is 1. The second kappa shape index (κ2) is 4.78. The molecule has 1 amide bonds. The topological polar surface area (TPSA) is 75.4 Å². The number of nitrogens with two attached hydrogens (primary N) is 1. The maximum atomic E-state index is 11.5. The number of carbonyl (C=O) groups is 1. The van der Waals surface area contributed by atoms with Gasteiger partial charge in [-0.05, 0) is 6.92 Å². The highest BCUT2D eigenvalue weighted by Crippen LogP contribution is 2.11. The van der Waals surface area contributed by atoms with Gasteiger partial charge in [0.1, 0.15) is 5.82 Å². The monoisotopic (exact) mass is 223 g/mol. The molecule has 2 N–H and O–H groups in total. The highest BCUT2D eigenvalue weighted by atomic mass is 16.2. The zero-order valence-corrected chi connectivity index (χ0v) is 10.1. The highest BCUT2D eigenvalue weighted by molar-refractivity contribution is 5.80. The van der Waals surface area contributed by atoms with Crippen molar-refractivity contribution in [2.75, 3.05) is 38.3 Å². The predicted octanol–water partition coefficient (Wildman–Crippen LogP) is -0.108. The number of nitrogens with zero attached hydrogens (tertiary/aromatic N) is 4. The molecule has 0 saturated carbocycles. The standard InChI is InChI=1S/C10H17N5O/c1-7-5-8(13-10(11)12-7)15(4)6-9(16)14(2)3/h5H,6H2,1-4H3,(H2,11,12,13). The summed E-state index contributed by atoms with van der Waals surface area (Å²) in [6, 6.07) is 1.79. The molecular weight excluding hydrogens is 206 g/mol. The van der Waals surface area contributed by atoms with Crippen molar-refractivity contribution in [1.29, 1.82) is 0 Å². The number of aromatic nitrogens is 2. The van der Waals surface area contributed by atoms with Crippen LogP contribution in [0.5, 0.6) is 0 Å². The second-order valence-corrected chi connectivity index (χ2v) is 3.87. The average Bonchev–Trinajstić information content (AvgIpc) is 2.15. The molecule has 0 atom stereocenters. The summed E-state index contributed by atoms with van der Waals surface area (Å²) in [6.45, 7) is 2.10. The third kappa shape index (κ3) is 3.08. The first-order valence-corrected chi connectivity index (χ1v) is 4.92. The molecule has 1 heterocycles. The van der Waals surface area contributed by atoms with Gasteiger partial charge in [-0.1, -0.05) is 0 Å². The van der Waals surface area contributed by atoms with E-state index in [2.05, 4.69) is 9.97 Å². The van der Waals surface area contributed by atoms with E-state index in [0.29, 0.717) is 5.82 Å². The number of hydrogen-bond acceptors (Lipinski definition) is 5. The van der Waals surface area contributed by atoms with Gasteiger partial charge in [-0.25, -0.2) is 4.98 Å². The maximum absolute atomic E-state index is 11.5. The van der Waals surface area contributed by atoms with E-state index in [1.807, 2.05) is 6.92 Å². The van der Waals surface area contributed by atoms with Gasteiger partial charge in [-0.3, -0.25) is 4.79 Å². The molecule has 6 heteroatoms. The van der Waals surface area contributed by atoms with Crippen LogP contribution in [-0.4, -0.2) is 48.5 Å². The molecule has 16 heavy (non-hydrogen) atoms. The first kappa shape index (κ1) is 12.2. The van der Waals surface area contributed by atoms with Crippen LogP contribution in [0.1, 0.15) is 5.69 Å². The lowest BCUT2D eigenvalue weighted by Crippen LogP contribution is -2.34. The summed E-state index contributed by atoms with van der Waals surface area (Å²) in [4.78, 5) is 22.8. The number of carbonyl (C=O) groups excluding carboxylic acids is 1. The molecule has 0 aliphatic heterocycles. The lowest BCUT2D eigenvalue weighted by atomic mass is 10.4. The van der Waals surface area contributed by atoms with E-state index in [0.717, 1.165) is 5.69 Å². The minimum absolute atomic E-state index is 0.0114. The summed E-state index contributed by atoms with van der Waals surface area (Å²) in [5, 5.41) is 0. The van der Waals surface area contributed by atoms with Crippen LogP contribution in [0, 0.1) is 6.92 Å². The molecule has 0 saturated heterocycles. The summed E-state index contributed by atoms with van der Waals surface area (Å²) >= 11 is 0. The Hall–Kier alpha value is -1.85. The summed E-state index contributed by atoms with van der Waals surface area (Å²) < 4.78 is 0. The summed E-state index contributed by atoms with van der Waals surface area (Å²) in [5.41, 5.74) is 6.33. The fourth-order valence-corrected chi connectivity index (χ4v) is 1.20. The molecule has 0 aromatic carbocycles. The smallest absolute Gasteiger partial charge is 0.241 e. The normalized spacial score (nSPS) is 10.0. The fourth-order valence-electron chi connectivity index (χ4n) is 1.20. The van der Waals surface area contributed by atoms with E-state index in [-0.39, 0.29) is 18.4 Å². The third-order valence-electron chi connectivity index (χ3n) is 2.12. The molecule has 0 bridgehead atoms. The van der Waals surface area contributed by atoms with Crippen LogP contribution in [0.2, 0.25) is 0 Å². The van der Waals surface area contributed by atoms with Gasteiger partial charge in [-0.15, -0.1) is 0 Å². The maximum Gasteiger partial charge on any atom is 0.241 e. The number of rotatable bonds is 3. The number of amides is 1. The lowest BCUT2D eigenvalue weighted by Gasteiger charge is -2.20. The van der Waals surface area contributed by atoms with Gasteiger partial charge in [0.25, 0.3) is 0 Å². The van der Waals surface area contributed by atoms with Crippen molar-refractivity contribution in [3.8, 4) is 0 Å². The predicted molar refractivity (Wildman–Crippen MR) is 63.1 cm³/mol. The first-order valence-electron chi connectivity index (χ1n) is 4.92. The number of anilines is 2. The molecule has 0 fully saturated rings. The summed E-state index contributed by atoms with van der Waals surface area (Å²) in [5.74, 6) is 0.886. The lowest BCUT2D eigenvalue weighted by molar-refractivity contribution is -0.127. The van der Waals surface area contributed by atoms with Crippen LogP contribution in [0.4, 0.5) is 11.8 Å². The second-order valence-electron chi connectivity index (χ2n) is 3.87. The van der Waals surface area contributed by atoms with E-state index in [4.69, 9.17) is 5.73 Å². The number of likely N-dealkylation sites (N-methyl/N-ethyl adjacent to an activating group) is 2. The quantitative estimate of drug-likeness (QED) is 0.774. The van der Waals surface area contributed by atoms with Crippen molar-refractivity contribution in [3.05, 3.63) is 11.8 Å². The molecule has 0 radical (unpaired) electrons. The Morgan fingerprint density at radius 3 is 2.50 bits per heavy atom. The SMILES string of the molecule is Cc1cc(N(C)CC(=O)N(C)C)nc(N)n1. The van der Waals surface area contributed by atoms with Crippen molar-refractivity contribution >= 4 is 17.7 Å². The van der Waals surface area contributed by atoms with Gasteiger partial charge in [0.15, 0.2) is 0 Å². The van der Waals surface area contributed by atoms with Crippen molar-refractivity contribution in [2.24, 2.45) is 0 Å². The average molecular weight is 223 g/mol. The molecular formula is C10H17N5O. The Bertz CT molecular complexity index is 371. The first-order chi connectivity index (χ1) is 7.40. The molecule has 0 unspecified atom stereocenters. The van der Waals surface area contributed by atoms with Gasteiger partial charge in [-0.2, -0.15) is 4.98 Å². The molecule has 1 aromatic heterocycles. The minimum Gasteiger partial charge on any atom is -0.368 e. The highest BCUT2D eigenvalue weighted by Gasteiger charge is 2.11. The zero-order valence-electron chi connectivity index (χ0n) is 10.1. The van der Waals surface area contributed by atoms with Crippen molar-refractivity contribution in [3.63, 3.8) is 0 Å². The Labute approximate surface area is 95.1 Å². The Morgan fingerprint density at radius 1 is 1.38 bits per heavy atom. The number of nitrogen functional groups attached to an aromatic ring is 1. The van der Waals surface area contributed by atoms with Gasteiger partial charge < -0.3 is 15.5 Å². The van der Waals surface area contributed by atoms with Crippen molar-refractivity contribution in [2.45, 2.75) is 6.92 Å². The van der Waals surface area contributed by atoms with Crippen molar-refractivity contribution < 1.29 is 4.79 Å². The Morgan fingerprint density at radius 2 is 2.00 bits per heavy atom. The Balaban J connectivity index is 2.80. The van der Waals surface area contributed by atoms with Crippen LogP contribution < -0.4 is 10.6 Å². The summed E-state index contributed by atoms with van der Waals surface area (Å²) in [7, 11) is 5.23. The van der Waals surface area contributed by atoms with Gasteiger partial charge in [0.05, 0.1) is 6.54 Å². The molecule has 0 aliphatic carbocycles. The third-order valence-corrected chi connectivity index (χ3v) is 2.12.